The highest BCUT2D eigenvalue weighted by atomic mass is 32.1. The molecule has 1 N–H and O–H groups in total. The van der Waals surface area contributed by atoms with Crippen LogP contribution in [-0.4, -0.2) is 37.5 Å². The van der Waals surface area contributed by atoms with Gasteiger partial charge >= 0.3 is 6.01 Å². The predicted octanol–water partition coefficient (Wildman–Crippen LogP) is 3.17. The fourth-order valence-electron chi connectivity index (χ4n) is 2.44. The second-order valence-corrected chi connectivity index (χ2v) is 6.23. The Hall–Kier alpha value is -2.38. The largest absolute Gasteiger partial charge is 0.422 e. The number of nitrogens with zero attached hydrogens (tertiary/aromatic N) is 3. The van der Waals surface area contributed by atoms with Crippen molar-refractivity contribution in [1.29, 1.82) is 0 Å². The standard InChI is InChI=1S/C16H16N4O2S/c1-2-4-14-13(3-1)18-16(22-14)19-17-11-12-5-6-15(23-12)20-7-9-21-10-8-20/h1-6,11H,7-10H2,(H,18,19)/b17-11+. The normalized spacial score (nSPS) is 15.6. The van der Waals surface area contributed by atoms with E-state index in [-0.39, 0.29) is 0 Å². The summed E-state index contributed by atoms with van der Waals surface area (Å²) in [6.07, 6.45) is 1.78. The third-order valence-corrected chi connectivity index (χ3v) is 4.66. The Balaban J connectivity index is 1.41. The SMILES string of the molecule is C(=N\Nc1nc2ccccc2o1)/c1ccc(N2CCOCC2)s1. The minimum absolute atomic E-state index is 0.396. The van der Waals surface area contributed by atoms with Crippen molar-refractivity contribution in [1.82, 2.24) is 4.98 Å². The molecule has 4 rings (SSSR count). The quantitative estimate of drug-likeness (QED) is 0.589. The van der Waals surface area contributed by atoms with E-state index in [4.69, 9.17) is 9.15 Å². The van der Waals surface area contributed by atoms with Crippen LogP contribution in [0.5, 0.6) is 0 Å². The predicted molar refractivity (Wildman–Crippen MR) is 92.6 cm³/mol. The first-order valence-corrected chi connectivity index (χ1v) is 8.27. The number of morpholine rings is 1. The molecule has 118 valence electrons. The third-order valence-electron chi connectivity index (χ3n) is 3.58. The Kier molecular flexibility index (Phi) is 3.95. The molecule has 1 aromatic carbocycles. The number of ether oxygens (including phenoxy) is 1. The summed E-state index contributed by atoms with van der Waals surface area (Å²) in [6.45, 7) is 3.47. The van der Waals surface area contributed by atoms with Gasteiger partial charge in [-0.25, -0.2) is 5.43 Å². The molecule has 1 aliphatic heterocycles. The highest BCUT2D eigenvalue weighted by Crippen LogP contribution is 2.25. The van der Waals surface area contributed by atoms with Crippen molar-refractivity contribution in [2.24, 2.45) is 5.10 Å². The van der Waals surface area contributed by atoms with Crippen LogP contribution in [0, 0.1) is 0 Å². The lowest BCUT2D eigenvalue weighted by Gasteiger charge is -2.27. The van der Waals surface area contributed by atoms with Gasteiger partial charge < -0.3 is 14.1 Å². The molecule has 7 heteroatoms. The van der Waals surface area contributed by atoms with E-state index in [1.54, 1.807) is 17.6 Å². The van der Waals surface area contributed by atoms with Gasteiger partial charge in [-0.15, -0.1) is 11.3 Å². The molecule has 1 fully saturated rings. The van der Waals surface area contributed by atoms with Crippen molar-refractivity contribution < 1.29 is 9.15 Å². The number of aromatic nitrogens is 1. The maximum atomic E-state index is 5.55. The third kappa shape index (κ3) is 3.20. The molecular formula is C16H16N4O2S. The first-order chi connectivity index (χ1) is 11.4. The second kappa shape index (κ2) is 6.39. The molecule has 1 saturated heterocycles. The van der Waals surface area contributed by atoms with Crippen molar-refractivity contribution in [3.8, 4) is 0 Å². The van der Waals surface area contributed by atoms with Crippen LogP contribution in [-0.2, 0) is 4.74 Å². The molecule has 0 bridgehead atoms. The summed E-state index contributed by atoms with van der Waals surface area (Å²) in [5, 5.41) is 5.45. The first-order valence-electron chi connectivity index (χ1n) is 7.46. The van der Waals surface area contributed by atoms with Crippen LogP contribution in [0.4, 0.5) is 11.0 Å². The first kappa shape index (κ1) is 14.2. The van der Waals surface area contributed by atoms with Gasteiger partial charge in [-0.1, -0.05) is 12.1 Å². The summed E-state index contributed by atoms with van der Waals surface area (Å²) >= 11 is 1.71. The van der Waals surface area contributed by atoms with Crippen molar-refractivity contribution in [3.63, 3.8) is 0 Å². The van der Waals surface area contributed by atoms with Gasteiger partial charge in [0.05, 0.1) is 24.4 Å². The van der Waals surface area contributed by atoms with Crippen LogP contribution < -0.4 is 10.3 Å². The molecule has 3 aromatic rings. The van der Waals surface area contributed by atoms with E-state index in [1.807, 2.05) is 24.3 Å². The summed E-state index contributed by atoms with van der Waals surface area (Å²) < 4.78 is 10.9. The van der Waals surface area contributed by atoms with Crippen molar-refractivity contribution >= 4 is 39.7 Å². The van der Waals surface area contributed by atoms with Gasteiger partial charge in [0.1, 0.15) is 5.52 Å². The molecule has 0 saturated carbocycles. The van der Waals surface area contributed by atoms with Crippen LogP contribution in [0.2, 0.25) is 0 Å². The summed E-state index contributed by atoms with van der Waals surface area (Å²) in [7, 11) is 0. The number of benzene rings is 1. The highest BCUT2D eigenvalue weighted by molar-refractivity contribution is 7.17. The smallest absolute Gasteiger partial charge is 0.316 e. The number of oxazole rings is 1. The van der Waals surface area contributed by atoms with E-state index >= 15 is 0 Å². The average Bonchev–Trinajstić information content (AvgIpc) is 3.22. The molecule has 2 aromatic heterocycles. The number of fused-ring (bicyclic) bond motifs is 1. The molecule has 1 aliphatic rings. The Morgan fingerprint density at radius 1 is 1.17 bits per heavy atom. The number of thiophene rings is 1. The second-order valence-electron chi connectivity index (χ2n) is 5.13. The van der Waals surface area contributed by atoms with Gasteiger partial charge in [0, 0.05) is 18.0 Å². The van der Waals surface area contributed by atoms with E-state index in [9.17, 15) is 0 Å². The van der Waals surface area contributed by atoms with Crippen LogP contribution in [0.15, 0.2) is 45.9 Å². The summed E-state index contributed by atoms with van der Waals surface area (Å²) in [5.74, 6) is 0. The molecule has 0 unspecified atom stereocenters. The summed E-state index contributed by atoms with van der Waals surface area (Å²) in [4.78, 5) is 7.72. The van der Waals surface area contributed by atoms with Crippen molar-refractivity contribution in [2.45, 2.75) is 0 Å². The molecule has 3 heterocycles. The lowest BCUT2D eigenvalue weighted by atomic mass is 10.3. The van der Waals surface area contributed by atoms with Gasteiger partial charge in [-0.2, -0.15) is 10.1 Å². The van der Waals surface area contributed by atoms with Crippen LogP contribution in [0.1, 0.15) is 4.88 Å². The van der Waals surface area contributed by atoms with E-state index in [1.165, 1.54) is 5.00 Å². The monoisotopic (exact) mass is 328 g/mol. The number of rotatable bonds is 4. The number of hydrazone groups is 1. The van der Waals surface area contributed by atoms with E-state index in [0.717, 1.165) is 42.3 Å². The lowest BCUT2D eigenvalue weighted by Crippen LogP contribution is -2.35. The number of hydrogen-bond acceptors (Lipinski definition) is 7. The minimum Gasteiger partial charge on any atom is -0.422 e. The fourth-order valence-corrected chi connectivity index (χ4v) is 3.37. The molecule has 0 radical (unpaired) electrons. The maximum absolute atomic E-state index is 5.55. The van der Waals surface area contributed by atoms with Gasteiger partial charge in [-0.3, -0.25) is 0 Å². The van der Waals surface area contributed by atoms with Crippen LogP contribution >= 0.6 is 11.3 Å². The van der Waals surface area contributed by atoms with Crippen LogP contribution in [0.3, 0.4) is 0 Å². The van der Waals surface area contributed by atoms with E-state index < -0.39 is 0 Å². The Labute approximate surface area is 137 Å². The van der Waals surface area contributed by atoms with Gasteiger partial charge in [0.2, 0.25) is 0 Å². The van der Waals surface area contributed by atoms with Gasteiger partial charge in [0.25, 0.3) is 0 Å². The zero-order valence-corrected chi connectivity index (χ0v) is 13.3. The lowest BCUT2D eigenvalue weighted by molar-refractivity contribution is 0.123. The topological polar surface area (TPSA) is 62.9 Å². The zero-order chi connectivity index (χ0) is 15.5. The minimum atomic E-state index is 0.396. The molecule has 0 aliphatic carbocycles. The van der Waals surface area contributed by atoms with Crippen LogP contribution in [0.25, 0.3) is 11.1 Å². The van der Waals surface area contributed by atoms with E-state index in [2.05, 4.69) is 32.5 Å². The van der Waals surface area contributed by atoms with Gasteiger partial charge in [0.15, 0.2) is 5.58 Å². The Bertz CT molecular complexity index is 787. The molecule has 6 nitrogen and oxygen atoms in total. The number of hydrogen-bond donors (Lipinski definition) is 1. The van der Waals surface area contributed by atoms with Crippen molar-refractivity contribution in [2.75, 3.05) is 36.6 Å². The summed E-state index contributed by atoms with van der Waals surface area (Å²) in [6, 6.07) is 12.2. The number of anilines is 2. The summed E-state index contributed by atoms with van der Waals surface area (Å²) in [5.41, 5.74) is 4.40. The van der Waals surface area contributed by atoms with Gasteiger partial charge in [-0.05, 0) is 24.3 Å². The average molecular weight is 328 g/mol. The molecule has 0 atom stereocenters. The fraction of sp³-hybridized carbons (Fsp3) is 0.250. The molecule has 23 heavy (non-hydrogen) atoms. The number of para-hydroxylation sites is 2. The zero-order valence-electron chi connectivity index (χ0n) is 12.4. The molecular weight excluding hydrogens is 312 g/mol. The van der Waals surface area contributed by atoms with Crippen molar-refractivity contribution in [3.05, 3.63) is 41.3 Å². The Morgan fingerprint density at radius 3 is 2.91 bits per heavy atom. The Morgan fingerprint density at radius 2 is 2.04 bits per heavy atom. The molecule has 0 spiro atoms. The highest BCUT2D eigenvalue weighted by Gasteiger charge is 2.12. The number of nitrogens with one attached hydrogen (secondary N) is 1. The van der Waals surface area contributed by atoms with E-state index in [0.29, 0.717) is 6.01 Å². The maximum Gasteiger partial charge on any atom is 0.316 e. The molecule has 0 amide bonds.